The van der Waals surface area contributed by atoms with Gasteiger partial charge in [0.1, 0.15) is 0 Å². The molecule has 0 spiro atoms. The number of anilines is 3. The fourth-order valence-corrected chi connectivity index (χ4v) is 5.15. The second-order valence-electron chi connectivity index (χ2n) is 9.73. The molecule has 1 amide bonds. The van der Waals surface area contributed by atoms with Gasteiger partial charge in [0.2, 0.25) is 11.9 Å². The van der Waals surface area contributed by atoms with Crippen LogP contribution in [0.2, 0.25) is 0 Å². The highest BCUT2D eigenvalue weighted by Gasteiger charge is 2.26. The lowest BCUT2D eigenvalue weighted by Gasteiger charge is -2.34. The van der Waals surface area contributed by atoms with E-state index in [0.717, 1.165) is 62.5 Å². The predicted molar refractivity (Wildman–Crippen MR) is 150 cm³/mol. The van der Waals surface area contributed by atoms with E-state index in [-0.39, 0.29) is 8.76 Å². The van der Waals surface area contributed by atoms with Gasteiger partial charge in [-0.05, 0) is 62.4 Å². The molecule has 6 aromatic rings. The van der Waals surface area contributed by atoms with E-state index < -0.39 is 0 Å². The number of aromatic nitrogens is 7. The van der Waals surface area contributed by atoms with Crippen molar-refractivity contribution < 1.29 is 7.65 Å². The average molecular weight is 511 g/mol. The zero-order valence-corrected chi connectivity index (χ0v) is 21.1. The Bertz CT molecular complexity index is 1840. The SMILES string of the molecule is Cc1[nH]nc2cc(Nc3nc4cccc(CN5CCN(c6ccc7c(C)[nH]nc7c6)C(=O)C5)n4n3)ccc12.[HH].[HH]. The number of pyridine rings is 1. The van der Waals surface area contributed by atoms with E-state index in [2.05, 4.69) is 35.6 Å². The summed E-state index contributed by atoms with van der Waals surface area (Å²) in [6.07, 6.45) is 0. The van der Waals surface area contributed by atoms with Gasteiger partial charge in [0.05, 0.1) is 23.3 Å². The maximum absolute atomic E-state index is 13.1. The molecule has 38 heavy (non-hydrogen) atoms. The molecule has 0 bridgehead atoms. The minimum Gasteiger partial charge on any atom is -0.323 e. The third-order valence-corrected chi connectivity index (χ3v) is 7.17. The minimum atomic E-state index is 0. The van der Waals surface area contributed by atoms with Crippen molar-refractivity contribution in [2.24, 2.45) is 0 Å². The summed E-state index contributed by atoms with van der Waals surface area (Å²) in [6, 6.07) is 17.9. The summed E-state index contributed by atoms with van der Waals surface area (Å²) in [5, 5.41) is 24.9. The zero-order chi connectivity index (χ0) is 25.8. The Morgan fingerprint density at radius 2 is 1.71 bits per heavy atom. The number of nitrogens with zero attached hydrogens (tertiary/aromatic N) is 7. The summed E-state index contributed by atoms with van der Waals surface area (Å²) in [4.78, 5) is 21.7. The first kappa shape index (κ1) is 22.4. The Hall–Kier alpha value is -4.77. The van der Waals surface area contributed by atoms with Crippen molar-refractivity contribution in [3.05, 3.63) is 71.7 Å². The molecule has 2 aromatic carbocycles. The lowest BCUT2D eigenvalue weighted by atomic mass is 10.1. The summed E-state index contributed by atoms with van der Waals surface area (Å²) >= 11 is 0. The number of H-pyrrole nitrogens is 2. The molecule has 5 heterocycles. The van der Waals surface area contributed by atoms with Gasteiger partial charge in [0.15, 0.2) is 5.65 Å². The highest BCUT2D eigenvalue weighted by molar-refractivity contribution is 5.97. The summed E-state index contributed by atoms with van der Waals surface area (Å²) in [7, 11) is 0. The standard InChI is InChI=1S/C27H26N10O.2H2/c1-16-21-8-6-18(12-23(21)32-30-16)28-27-29-25-5-3-4-20(37(25)34-27)14-35-10-11-36(26(38)15-35)19-7-9-22-17(2)31-33-24(22)13-19;;/h3-9,12-13H,10-11,14-15H2,1-2H3,(H,28,34)(H,30,32)(H,31,33);2*1H. The van der Waals surface area contributed by atoms with Crippen molar-refractivity contribution >= 4 is 50.7 Å². The van der Waals surface area contributed by atoms with Crippen molar-refractivity contribution in [3.63, 3.8) is 0 Å². The first-order chi connectivity index (χ1) is 18.5. The summed E-state index contributed by atoms with van der Waals surface area (Å²) in [6.45, 7) is 6.29. The molecule has 0 aliphatic carbocycles. The van der Waals surface area contributed by atoms with E-state index in [1.165, 1.54) is 0 Å². The van der Waals surface area contributed by atoms with Crippen LogP contribution < -0.4 is 10.2 Å². The molecule has 194 valence electrons. The average Bonchev–Trinajstić information content (AvgIpc) is 3.61. The van der Waals surface area contributed by atoms with Crippen LogP contribution >= 0.6 is 0 Å². The fraction of sp³-hybridized carbons (Fsp3) is 0.222. The van der Waals surface area contributed by atoms with E-state index >= 15 is 0 Å². The number of piperazine rings is 1. The van der Waals surface area contributed by atoms with Crippen LogP contribution in [0, 0.1) is 13.8 Å². The number of amides is 1. The molecule has 1 fully saturated rings. The van der Waals surface area contributed by atoms with E-state index in [4.69, 9.17) is 5.10 Å². The van der Waals surface area contributed by atoms with Gasteiger partial charge in [0, 0.05) is 56.0 Å². The van der Waals surface area contributed by atoms with E-state index in [0.29, 0.717) is 25.6 Å². The van der Waals surface area contributed by atoms with Crippen LogP contribution in [0.5, 0.6) is 0 Å². The molecule has 0 saturated carbocycles. The molecular weight excluding hydrogens is 480 g/mol. The molecule has 4 aromatic heterocycles. The number of carbonyl (C=O) groups is 1. The van der Waals surface area contributed by atoms with Gasteiger partial charge in [0.25, 0.3) is 0 Å². The van der Waals surface area contributed by atoms with Crippen molar-refractivity contribution in [1.29, 1.82) is 0 Å². The third-order valence-electron chi connectivity index (χ3n) is 7.17. The normalized spacial score (nSPS) is 14.8. The molecule has 1 aliphatic rings. The summed E-state index contributed by atoms with van der Waals surface area (Å²) in [5.74, 6) is 0.578. The van der Waals surface area contributed by atoms with Crippen molar-refractivity contribution in [3.8, 4) is 0 Å². The first-order valence-corrected chi connectivity index (χ1v) is 12.6. The van der Waals surface area contributed by atoms with E-state index in [1.54, 1.807) is 0 Å². The summed E-state index contributed by atoms with van der Waals surface area (Å²) in [5.41, 5.74) is 7.28. The van der Waals surface area contributed by atoms with E-state index in [1.807, 2.05) is 77.9 Å². The Morgan fingerprint density at radius 3 is 2.50 bits per heavy atom. The van der Waals surface area contributed by atoms with Crippen LogP contribution in [-0.2, 0) is 11.3 Å². The molecule has 11 heteroatoms. The number of carbonyl (C=O) groups excluding carboxylic acids is 1. The predicted octanol–water partition coefficient (Wildman–Crippen LogP) is 4.18. The van der Waals surface area contributed by atoms with Gasteiger partial charge in [-0.15, -0.1) is 5.10 Å². The molecule has 1 aliphatic heterocycles. The van der Waals surface area contributed by atoms with Gasteiger partial charge in [-0.25, -0.2) is 4.52 Å². The molecule has 0 atom stereocenters. The van der Waals surface area contributed by atoms with Crippen molar-refractivity contribution in [1.82, 2.24) is 39.9 Å². The fourth-order valence-electron chi connectivity index (χ4n) is 5.15. The number of aromatic amines is 2. The van der Waals surface area contributed by atoms with Crippen LogP contribution in [0.1, 0.15) is 19.9 Å². The Balaban J connectivity index is 0.00000161. The zero-order valence-electron chi connectivity index (χ0n) is 21.1. The summed E-state index contributed by atoms with van der Waals surface area (Å²) < 4.78 is 1.84. The maximum Gasteiger partial charge on any atom is 0.247 e. The molecule has 0 radical (unpaired) electrons. The molecule has 1 saturated heterocycles. The highest BCUT2D eigenvalue weighted by atomic mass is 16.2. The molecule has 7 rings (SSSR count). The second kappa shape index (κ2) is 8.67. The van der Waals surface area contributed by atoms with Crippen LogP contribution in [0.25, 0.3) is 27.5 Å². The molecule has 0 unspecified atom stereocenters. The maximum atomic E-state index is 13.1. The molecular formula is C27H30N10O. The quantitative estimate of drug-likeness (QED) is 0.318. The van der Waals surface area contributed by atoms with Crippen LogP contribution in [-0.4, -0.2) is 65.4 Å². The van der Waals surface area contributed by atoms with Crippen molar-refractivity contribution in [2.45, 2.75) is 20.4 Å². The number of aryl methyl sites for hydroxylation is 2. The smallest absolute Gasteiger partial charge is 0.247 e. The van der Waals surface area contributed by atoms with Crippen LogP contribution in [0.3, 0.4) is 0 Å². The monoisotopic (exact) mass is 510 g/mol. The first-order valence-electron chi connectivity index (χ1n) is 12.6. The van der Waals surface area contributed by atoms with Crippen molar-refractivity contribution in [2.75, 3.05) is 29.9 Å². The van der Waals surface area contributed by atoms with Gasteiger partial charge < -0.3 is 10.2 Å². The minimum absolute atomic E-state index is 0. The number of hydrogen-bond donors (Lipinski definition) is 3. The van der Waals surface area contributed by atoms with Crippen LogP contribution in [0.4, 0.5) is 17.3 Å². The second-order valence-corrected chi connectivity index (χ2v) is 9.73. The molecule has 3 N–H and O–H groups in total. The van der Waals surface area contributed by atoms with Crippen LogP contribution in [0.15, 0.2) is 54.6 Å². The van der Waals surface area contributed by atoms with E-state index in [9.17, 15) is 4.79 Å². The number of rotatable bonds is 5. The number of benzene rings is 2. The van der Waals surface area contributed by atoms with Gasteiger partial charge in [-0.2, -0.15) is 15.2 Å². The van der Waals surface area contributed by atoms with Gasteiger partial charge >= 0.3 is 0 Å². The highest BCUT2D eigenvalue weighted by Crippen LogP contribution is 2.25. The lowest BCUT2D eigenvalue weighted by molar-refractivity contribution is -0.121. The number of nitrogens with one attached hydrogen (secondary N) is 3. The topological polar surface area (TPSA) is 123 Å². The molecule has 11 nitrogen and oxygen atoms in total. The Morgan fingerprint density at radius 1 is 0.947 bits per heavy atom. The third kappa shape index (κ3) is 3.84. The lowest BCUT2D eigenvalue weighted by Crippen LogP contribution is -2.50. The van der Waals surface area contributed by atoms with Gasteiger partial charge in [-0.1, -0.05) is 6.07 Å². The number of fused-ring (bicyclic) bond motifs is 3. The Kier molecular flexibility index (Phi) is 5.11. The largest absolute Gasteiger partial charge is 0.323 e. The van der Waals surface area contributed by atoms with Gasteiger partial charge in [-0.3, -0.25) is 19.9 Å². The number of hydrogen-bond acceptors (Lipinski definition) is 7. The Labute approximate surface area is 220 Å².